The summed E-state index contributed by atoms with van der Waals surface area (Å²) in [5.74, 6) is 1.87. The van der Waals surface area contributed by atoms with E-state index in [9.17, 15) is 0 Å². The summed E-state index contributed by atoms with van der Waals surface area (Å²) < 4.78 is 5.48. The Morgan fingerprint density at radius 2 is 1.90 bits per heavy atom. The van der Waals surface area contributed by atoms with E-state index >= 15 is 0 Å². The quantitative estimate of drug-likeness (QED) is 0.677. The van der Waals surface area contributed by atoms with E-state index in [1.807, 2.05) is 36.7 Å². The van der Waals surface area contributed by atoms with Gasteiger partial charge in [-0.05, 0) is 49.6 Å². The average molecular weight is 405 g/mol. The third-order valence-corrected chi connectivity index (χ3v) is 6.09. The monoisotopic (exact) mass is 404 g/mol. The lowest BCUT2D eigenvalue weighted by Gasteiger charge is -2.33. The van der Waals surface area contributed by atoms with Crippen LogP contribution in [-0.2, 0) is 6.54 Å². The molecule has 0 spiro atoms. The van der Waals surface area contributed by atoms with Crippen LogP contribution in [0.15, 0.2) is 59.6 Å². The molecular formula is C23H28N6O. The molecule has 0 saturated carbocycles. The van der Waals surface area contributed by atoms with Crippen LogP contribution >= 0.6 is 0 Å². The lowest BCUT2D eigenvalue weighted by Crippen LogP contribution is -2.46. The molecule has 3 aromatic heterocycles. The van der Waals surface area contributed by atoms with Gasteiger partial charge in [0, 0.05) is 62.4 Å². The van der Waals surface area contributed by atoms with Crippen LogP contribution in [0.4, 0.5) is 5.95 Å². The van der Waals surface area contributed by atoms with Crippen molar-refractivity contribution in [1.82, 2.24) is 25.2 Å². The maximum atomic E-state index is 5.48. The van der Waals surface area contributed by atoms with Crippen LogP contribution in [0.5, 0.6) is 0 Å². The number of rotatable bonds is 6. The smallest absolute Gasteiger partial charge is 0.225 e. The SMILES string of the molecule is c1cncc(-c2ccnc(N3CCC(NC4CCN(Cc5ccco5)CC4)C3)n2)c1. The molecule has 1 unspecified atom stereocenters. The Morgan fingerprint density at radius 3 is 2.70 bits per heavy atom. The largest absolute Gasteiger partial charge is 0.468 e. The first-order valence-electron chi connectivity index (χ1n) is 10.8. The van der Waals surface area contributed by atoms with Crippen molar-refractivity contribution < 1.29 is 4.42 Å². The third kappa shape index (κ3) is 4.52. The molecule has 7 nitrogen and oxygen atoms in total. The number of likely N-dealkylation sites (tertiary alicyclic amines) is 1. The summed E-state index contributed by atoms with van der Waals surface area (Å²) >= 11 is 0. The van der Waals surface area contributed by atoms with Crippen molar-refractivity contribution in [1.29, 1.82) is 0 Å². The molecule has 0 aromatic carbocycles. The number of pyridine rings is 1. The Kier molecular flexibility index (Phi) is 5.72. The van der Waals surface area contributed by atoms with Gasteiger partial charge in [0.25, 0.3) is 0 Å². The number of furan rings is 1. The van der Waals surface area contributed by atoms with Crippen LogP contribution in [-0.4, -0.2) is 58.1 Å². The maximum absolute atomic E-state index is 5.48. The minimum atomic E-state index is 0.497. The van der Waals surface area contributed by atoms with Crippen LogP contribution in [0.2, 0.25) is 0 Å². The molecule has 7 heteroatoms. The van der Waals surface area contributed by atoms with E-state index < -0.39 is 0 Å². The molecule has 0 radical (unpaired) electrons. The summed E-state index contributed by atoms with van der Waals surface area (Å²) in [5.41, 5.74) is 1.95. The lowest BCUT2D eigenvalue weighted by molar-refractivity contribution is 0.174. The van der Waals surface area contributed by atoms with Crippen molar-refractivity contribution in [2.45, 2.75) is 37.9 Å². The number of aromatic nitrogens is 3. The van der Waals surface area contributed by atoms with Crippen molar-refractivity contribution in [2.24, 2.45) is 0 Å². The van der Waals surface area contributed by atoms with Crippen LogP contribution in [0.3, 0.4) is 0 Å². The first-order chi connectivity index (χ1) is 14.8. The molecule has 0 aliphatic carbocycles. The van der Waals surface area contributed by atoms with E-state index in [1.54, 1.807) is 12.5 Å². The van der Waals surface area contributed by atoms with E-state index in [0.29, 0.717) is 12.1 Å². The first-order valence-corrected chi connectivity index (χ1v) is 10.8. The molecular weight excluding hydrogens is 376 g/mol. The highest BCUT2D eigenvalue weighted by Crippen LogP contribution is 2.22. The number of nitrogens with zero attached hydrogens (tertiary/aromatic N) is 5. The second-order valence-electron chi connectivity index (χ2n) is 8.21. The van der Waals surface area contributed by atoms with Crippen molar-refractivity contribution in [3.8, 4) is 11.3 Å². The number of hydrogen-bond acceptors (Lipinski definition) is 7. The summed E-state index contributed by atoms with van der Waals surface area (Å²) in [4.78, 5) is 18.3. The number of nitrogens with one attached hydrogen (secondary N) is 1. The number of anilines is 1. The van der Waals surface area contributed by atoms with Gasteiger partial charge in [-0.15, -0.1) is 0 Å². The molecule has 5 rings (SSSR count). The first kappa shape index (κ1) is 19.2. The topological polar surface area (TPSA) is 70.3 Å². The summed E-state index contributed by atoms with van der Waals surface area (Å²) in [6.07, 6.45) is 10.7. The van der Waals surface area contributed by atoms with E-state index in [1.165, 1.54) is 12.8 Å². The Bertz CT molecular complexity index is 924. The van der Waals surface area contributed by atoms with E-state index in [4.69, 9.17) is 9.40 Å². The fourth-order valence-corrected chi connectivity index (χ4v) is 4.47. The second-order valence-corrected chi connectivity index (χ2v) is 8.21. The highest BCUT2D eigenvalue weighted by Gasteiger charge is 2.28. The molecule has 2 aliphatic rings. The normalized spacial score (nSPS) is 20.7. The van der Waals surface area contributed by atoms with Gasteiger partial charge in [-0.3, -0.25) is 9.88 Å². The molecule has 3 aromatic rings. The van der Waals surface area contributed by atoms with Gasteiger partial charge >= 0.3 is 0 Å². The number of piperidine rings is 1. The van der Waals surface area contributed by atoms with Crippen LogP contribution in [0.1, 0.15) is 25.0 Å². The predicted molar refractivity (Wildman–Crippen MR) is 116 cm³/mol. The van der Waals surface area contributed by atoms with Gasteiger partial charge in [0.1, 0.15) is 5.76 Å². The van der Waals surface area contributed by atoms with Gasteiger partial charge in [0.15, 0.2) is 0 Å². The van der Waals surface area contributed by atoms with E-state index in [0.717, 1.165) is 62.1 Å². The van der Waals surface area contributed by atoms with Crippen LogP contribution < -0.4 is 10.2 Å². The summed E-state index contributed by atoms with van der Waals surface area (Å²) in [7, 11) is 0. The van der Waals surface area contributed by atoms with Crippen LogP contribution in [0.25, 0.3) is 11.3 Å². The summed E-state index contributed by atoms with van der Waals surface area (Å²) in [6, 6.07) is 11.0. The standard InChI is InChI=1S/C23H28N6O/c1-3-18(15-24-9-1)22-5-10-25-23(27-22)29-13-8-20(16-29)26-19-6-11-28(12-7-19)17-21-4-2-14-30-21/h1-5,9-10,14-15,19-20,26H,6-8,11-13,16-17H2. The van der Waals surface area contributed by atoms with Gasteiger partial charge in [-0.2, -0.15) is 0 Å². The van der Waals surface area contributed by atoms with Crippen LogP contribution in [0, 0.1) is 0 Å². The molecule has 2 fully saturated rings. The zero-order chi connectivity index (χ0) is 20.2. The highest BCUT2D eigenvalue weighted by atomic mass is 16.3. The van der Waals surface area contributed by atoms with Gasteiger partial charge in [0.05, 0.1) is 18.5 Å². The Balaban J connectivity index is 1.13. The molecule has 5 heterocycles. The molecule has 0 bridgehead atoms. The van der Waals surface area contributed by atoms with Crippen molar-refractivity contribution >= 4 is 5.95 Å². The predicted octanol–water partition coefficient (Wildman–Crippen LogP) is 2.96. The maximum Gasteiger partial charge on any atom is 0.225 e. The van der Waals surface area contributed by atoms with E-state index in [-0.39, 0.29) is 0 Å². The number of hydrogen-bond donors (Lipinski definition) is 1. The van der Waals surface area contributed by atoms with Gasteiger partial charge in [-0.1, -0.05) is 0 Å². The molecule has 156 valence electrons. The zero-order valence-corrected chi connectivity index (χ0v) is 17.2. The summed E-state index contributed by atoms with van der Waals surface area (Å²) in [6.45, 7) is 5.10. The molecule has 2 aliphatic heterocycles. The van der Waals surface area contributed by atoms with Crippen molar-refractivity contribution in [2.75, 3.05) is 31.1 Å². The second kappa shape index (κ2) is 8.93. The fraction of sp³-hybridized carbons (Fsp3) is 0.435. The van der Waals surface area contributed by atoms with Gasteiger partial charge in [0.2, 0.25) is 5.95 Å². The zero-order valence-electron chi connectivity index (χ0n) is 17.2. The summed E-state index contributed by atoms with van der Waals surface area (Å²) in [5, 5.41) is 3.89. The van der Waals surface area contributed by atoms with E-state index in [2.05, 4.69) is 31.2 Å². The fourth-order valence-electron chi connectivity index (χ4n) is 4.47. The Hall–Kier alpha value is -2.77. The Morgan fingerprint density at radius 1 is 1.00 bits per heavy atom. The molecule has 0 amide bonds. The highest BCUT2D eigenvalue weighted by molar-refractivity contribution is 5.58. The average Bonchev–Trinajstić information content (AvgIpc) is 3.48. The van der Waals surface area contributed by atoms with Crippen molar-refractivity contribution in [3.05, 3.63) is 60.9 Å². The van der Waals surface area contributed by atoms with Gasteiger partial charge < -0.3 is 14.6 Å². The van der Waals surface area contributed by atoms with Gasteiger partial charge in [-0.25, -0.2) is 9.97 Å². The molecule has 2 saturated heterocycles. The minimum Gasteiger partial charge on any atom is -0.468 e. The minimum absolute atomic E-state index is 0.497. The van der Waals surface area contributed by atoms with Crippen molar-refractivity contribution in [3.63, 3.8) is 0 Å². The molecule has 1 atom stereocenters. The third-order valence-electron chi connectivity index (χ3n) is 6.09. The Labute approximate surface area is 177 Å². The molecule has 1 N–H and O–H groups in total. The lowest BCUT2D eigenvalue weighted by atomic mass is 10.0. The molecule has 30 heavy (non-hydrogen) atoms.